The summed E-state index contributed by atoms with van der Waals surface area (Å²) in [6, 6.07) is 0. The molecule has 2 N–H and O–H groups in total. The first kappa shape index (κ1) is 13.5. The van der Waals surface area contributed by atoms with Gasteiger partial charge in [-0.1, -0.05) is 0 Å². The maximum atomic E-state index is 11.9. The zero-order valence-electron chi connectivity index (χ0n) is 10.7. The Labute approximate surface area is 109 Å². The summed E-state index contributed by atoms with van der Waals surface area (Å²) >= 11 is 1.66. The second-order valence-corrected chi connectivity index (χ2v) is 6.39. The van der Waals surface area contributed by atoms with Gasteiger partial charge in [0.1, 0.15) is 17.3 Å². The van der Waals surface area contributed by atoms with Crippen LogP contribution in [0.25, 0.3) is 0 Å². The average Bonchev–Trinajstić information content (AvgIpc) is 2.44. The predicted octanol–water partition coefficient (Wildman–Crippen LogP) is 1.58. The molecular formula is C11H18N2O4S. The predicted molar refractivity (Wildman–Crippen MR) is 69.5 cm³/mol. The number of aliphatic hydroxyl groups is 1. The van der Waals surface area contributed by atoms with Crippen LogP contribution in [-0.2, 0) is 4.74 Å². The molecule has 1 aromatic rings. The van der Waals surface area contributed by atoms with Crippen molar-refractivity contribution in [2.75, 3.05) is 11.1 Å². The van der Waals surface area contributed by atoms with Crippen molar-refractivity contribution in [1.82, 2.24) is 4.74 Å². The van der Waals surface area contributed by atoms with E-state index in [1.807, 2.05) is 20.8 Å². The summed E-state index contributed by atoms with van der Waals surface area (Å²) in [5.41, 5.74) is -0.568. The third-order valence-electron chi connectivity index (χ3n) is 2.40. The van der Waals surface area contributed by atoms with Crippen molar-refractivity contribution >= 4 is 17.4 Å². The van der Waals surface area contributed by atoms with Crippen molar-refractivity contribution in [1.29, 1.82) is 0 Å². The van der Waals surface area contributed by atoms with Crippen molar-refractivity contribution in [3.63, 3.8) is 0 Å². The highest BCUT2D eigenvalue weighted by Crippen LogP contribution is 2.37. The topological polar surface area (TPSA) is 76.6 Å². The Morgan fingerprint density at radius 2 is 2.33 bits per heavy atom. The quantitative estimate of drug-likeness (QED) is 0.812. The molecule has 0 bridgehead atoms. The second kappa shape index (κ2) is 4.99. The number of aromatic nitrogens is 1. The largest absolute Gasteiger partial charge is 0.381 e. The molecule has 0 radical (unpaired) electrons. The Hall–Kier alpha value is -0.920. The Balaban J connectivity index is 2.01. The fourth-order valence-corrected chi connectivity index (χ4v) is 2.25. The third kappa shape index (κ3) is 3.09. The molecule has 1 fully saturated rings. The van der Waals surface area contributed by atoms with Crippen molar-refractivity contribution < 1.29 is 14.4 Å². The van der Waals surface area contributed by atoms with E-state index in [0.29, 0.717) is 0 Å². The number of thioether (sulfide) groups is 1. The maximum Gasteiger partial charge on any atom is 0.307 e. The van der Waals surface area contributed by atoms with Crippen LogP contribution >= 0.6 is 11.8 Å². The van der Waals surface area contributed by atoms with Gasteiger partial charge in [-0.15, -0.1) is 11.8 Å². The van der Waals surface area contributed by atoms with Crippen molar-refractivity contribution in [3.8, 4) is 0 Å². The highest BCUT2D eigenvalue weighted by molar-refractivity contribution is 8.00. The molecule has 2 rings (SSSR count). The van der Waals surface area contributed by atoms with E-state index in [0.717, 1.165) is 12.2 Å². The summed E-state index contributed by atoms with van der Waals surface area (Å²) in [6.45, 7) is 5.45. The molecule has 18 heavy (non-hydrogen) atoms. The summed E-state index contributed by atoms with van der Waals surface area (Å²) in [4.78, 5) is 11.9. The summed E-state index contributed by atoms with van der Waals surface area (Å²) < 4.78 is 11.8. The van der Waals surface area contributed by atoms with E-state index >= 15 is 0 Å². The highest BCUT2D eigenvalue weighted by atomic mass is 32.2. The average molecular weight is 274 g/mol. The van der Waals surface area contributed by atoms with Gasteiger partial charge < -0.3 is 19.7 Å². The first-order valence-electron chi connectivity index (χ1n) is 5.81. The van der Waals surface area contributed by atoms with E-state index < -0.39 is 12.0 Å². The number of rotatable bonds is 4. The van der Waals surface area contributed by atoms with Crippen molar-refractivity contribution in [2.45, 2.75) is 44.6 Å². The van der Waals surface area contributed by atoms with Gasteiger partial charge in [-0.05, 0) is 32.9 Å². The maximum absolute atomic E-state index is 11.9. The van der Waals surface area contributed by atoms with Gasteiger partial charge >= 0.3 is 5.56 Å². The molecule has 6 nitrogen and oxygen atoms in total. The molecule has 1 aliphatic heterocycles. The summed E-state index contributed by atoms with van der Waals surface area (Å²) in [5.74, 6) is 1.04. The van der Waals surface area contributed by atoms with Crippen LogP contribution < -0.4 is 10.9 Å². The van der Waals surface area contributed by atoms with E-state index in [1.54, 1.807) is 11.8 Å². The molecule has 2 unspecified atom stereocenters. The molecule has 1 saturated heterocycles. The Morgan fingerprint density at radius 3 is 2.83 bits per heavy atom. The van der Waals surface area contributed by atoms with E-state index in [1.165, 1.54) is 11.0 Å². The molecular weight excluding hydrogens is 256 g/mol. The zero-order valence-corrected chi connectivity index (χ0v) is 11.5. The van der Waals surface area contributed by atoms with Crippen LogP contribution in [0, 0.1) is 0 Å². The molecule has 7 heteroatoms. The standard InChI is InChI=1S/C11H18N2O4S/c1-11(2,3)17-10(15)12-7-6-16-13(9(7)14)8-4-5-18-8/h6,8,10,12,15H,4-5H2,1-3H3. The lowest BCUT2D eigenvalue weighted by molar-refractivity contribution is -0.148. The third-order valence-corrected chi connectivity index (χ3v) is 3.68. The second-order valence-electron chi connectivity index (χ2n) is 5.11. The normalized spacial score (nSPS) is 21.4. The number of aliphatic hydroxyl groups excluding tert-OH is 1. The summed E-state index contributed by atoms with van der Waals surface area (Å²) in [6.07, 6.45) is 0.993. The number of nitrogens with zero attached hydrogens (tertiary/aromatic N) is 1. The van der Waals surface area contributed by atoms with Crippen LogP contribution in [0.4, 0.5) is 5.69 Å². The molecule has 2 heterocycles. The first-order valence-corrected chi connectivity index (χ1v) is 6.86. The minimum absolute atomic E-state index is 0.0775. The van der Waals surface area contributed by atoms with Gasteiger partial charge in [0.05, 0.1) is 5.60 Å². The van der Waals surface area contributed by atoms with Crippen LogP contribution in [0.2, 0.25) is 0 Å². The van der Waals surface area contributed by atoms with Crippen LogP contribution in [-0.4, -0.2) is 27.6 Å². The van der Waals surface area contributed by atoms with Gasteiger partial charge in [0.15, 0.2) is 0 Å². The van der Waals surface area contributed by atoms with Gasteiger partial charge in [0.25, 0.3) is 0 Å². The minimum Gasteiger partial charge on any atom is -0.381 e. The van der Waals surface area contributed by atoms with E-state index in [9.17, 15) is 9.90 Å². The summed E-state index contributed by atoms with van der Waals surface area (Å²) in [7, 11) is 0. The number of hydrogen-bond donors (Lipinski definition) is 2. The molecule has 2 atom stereocenters. The Kier molecular flexibility index (Phi) is 3.74. The Morgan fingerprint density at radius 1 is 1.67 bits per heavy atom. The number of nitrogens with one attached hydrogen (secondary N) is 1. The summed E-state index contributed by atoms with van der Waals surface area (Å²) in [5, 5.41) is 12.3. The fraction of sp³-hybridized carbons (Fsp3) is 0.727. The monoisotopic (exact) mass is 274 g/mol. The highest BCUT2D eigenvalue weighted by Gasteiger charge is 2.26. The van der Waals surface area contributed by atoms with Crippen LogP contribution in [0.3, 0.4) is 0 Å². The molecule has 102 valence electrons. The van der Waals surface area contributed by atoms with Crippen molar-refractivity contribution in [2.24, 2.45) is 0 Å². The fourth-order valence-electron chi connectivity index (χ4n) is 1.53. The lowest BCUT2D eigenvalue weighted by Gasteiger charge is -2.24. The van der Waals surface area contributed by atoms with Gasteiger partial charge in [0.2, 0.25) is 6.41 Å². The number of hydrogen-bond acceptors (Lipinski definition) is 6. The number of ether oxygens (including phenoxy) is 1. The van der Waals surface area contributed by atoms with Crippen LogP contribution in [0.15, 0.2) is 15.6 Å². The van der Waals surface area contributed by atoms with Gasteiger partial charge in [0, 0.05) is 0 Å². The molecule has 0 amide bonds. The van der Waals surface area contributed by atoms with Gasteiger partial charge in [-0.3, -0.25) is 4.79 Å². The SMILES string of the molecule is CC(C)(C)OC(O)Nc1con(C2CCS2)c1=O. The van der Waals surface area contributed by atoms with E-state index in [-0.39, 0.29) is 16.6 Å². The molecule has 1 aliphatic rings. The molecule has 0 aromatic carbocycles. The smallest absolute Gasteiger partial charge is 0.307 e. The molecule has 0 aliphatic carbocycles. The lowest BCUT2D eigenvalue weighted by atomic mass is 10.2. The first-order chi connectivity index (χ1) is 8.37. The van der Waals surface area contributed by atoms with E-state index in [4.69, 9.17) is 9.26 Å². The minimum atomic E-state index is -1.24. The van der Waals surface area contributed by atoms with Gasteiger partial charge in [-0.2, -0.15) is 4.74 Å². The Bertz CT molecular complexity index is 458. The molecule has 0 saturated carbocycles. The number of anilines is 1. The van der Waals surface area contributed by atoms with Crippen LogP contribution in [0.1, 0.15) is 32.6 Å². The van der Waals surface area contributed by atoms with Crippen LogP contribution in [0.5, 0.6) is 0 Å². The van der Waals surface area contributed by atoms with E-state index in [2.05, 4.69) is 5.32 Å². The van der Waals surface area contributed by atoms with Crippen molar-refractivity contribution in [3.05, 3.63) is 16.6 Å². The molecule has 0 spiro atoms. The van der Waals surface area contributed by atoms with Gasteiger partial charge in [-0.25, -0.2) is 0 Å². The zero-order chi connectivity index (χ0) is 13.3. The molecule has 1 aromatic heterocycles. The lowest BCUT2D eigenvalue weighted by Crippen LogP contribution is -2.34.